The Morgan fingerprint density at radius 2 is 2.15 bits per heavy atom. The van der Waals surface area contributed by atoms with Crippen molar-refractivity contribution >= 4 is 0 Å². The minimum absolute atomic E-state index is 0.579. The summed E-state index contributed by atoms with van der Waals surface area (Å²) in [5.74, 6) is 0. The minimum Gasteiger partial charge on any atom is -0.381 e. The van der Waals surface area contributed by atoms with Crippen LogP contribution >= 0.6 is 0 Å². The van der Waals surface area contributed by atoms with Crippen molar-refractivity contribution in [2.24, 2.45) is 0 Å². The Balaban J connectivity index is 3.30. The lowest BCUT2D eigenvalue weighted by molar-refractivity contribution is 0.124. The molecule has 0 aliphatic carbocycles. The molecule has 0 rings (SSSR count). The molecule has 0 aromatic rings. The number of ether oxygens (including phenoxy) is 1. The van der Waals surface area contributed by atoms with E-state index in [2.05, 4.69) is 18.8 Å². The first-order valence-corrected chi connectivity index (χ1v) is 5.21. The Labute approximate surface area is 82.4 Å². The third-order valence-electron chi connectivity index (χ3n) is 2.09. The van der Waals surface area contributed by atoms with Gasteiger partial charge in [0, 0.05) is 19.3 Å². The number of rotatable bonds is 9. The average molecular weight is 185 g/mol. The van der Waals surface area contributed by atoms with Gasteiger partial charge >= 0.3 is 0 Å². The standard InChI is InChI=1S/C11H23NO/c1-4-6-7-11(12-3)8-10-13-9-5-2/h4,11-12H,1,5-10H2,2-3H3. The second-order valence-electron chi connectivity index (χ2n) is 3.25. The van der Waals surface area contributed by atoms with E-state index in [-0.39, 0.29) is 0 Å². The molecule has 0 spiro atoms. The third kappa shape index (κ3) is 8.00. The first-order chi connectivity index (χ1) is 6.35. The molecule has 0 aliphatic rings. The van der Waals surface area contributed by atoms with Gasteiger partial charge in [-0.1, -0.05) is 13.0 Å². The fraction of sp³-hybridized carbons (Fsp3) is 0.818. The predicted octanol–water partition coefficient (Wildman–Crippen LogP) is 2.36. The van der Waals surface area contributed by atoms with Gasteiger partial charge < -0.3 is 10.1 Å². The molecule has 1 atom stereocenters. The molecular formula is C11H23NO. The first kappa shape index (κ1) is 12.7. The van der Waals surface area contributed by atoms with Gasteiger partial charge in [-0.05, 0) is 32.7 Å². The van der Waals surface area contributed by atoms with Crippen molar-refractivity contribution in [2.75, 3.05) is 20.3 Å². The first-order valence-electron chi connectivity index (χ1n) is 5.21. The quantitative estimate of drug-likeness (QED) is 0.440. The Bertz CT molecular complexity index is 115. The van der Waals surface area contributed by atoms with Crippen LogP contribution in [0.5, 0.6) is 0 Å². The minimum atomic E-state index is 0.579. The fourth-order valence-electron chi connectivity index (χ4n) is 1.22. The van der Waals surface area contributed by atoms with Gasteiger partial charge in [0.25, 0.3) is 0 Å². The number of hydrogen-bond acceptors (Lipinski definition) is 2. The second-order valence-corrected chi connectivity index (χ2v) is 3.25. The monoisotopic (exact) mass is 185 g/mol. The largest absolute Gasteiger partial charge is 0.381 e. The fourth-order valence-corrected chi connectivity index (χ4v) is 1.22. The molecule has 0 aromatic heterocycles. The van der Waals surface area contributed by atoms with Gasteiger partial charge in [0.15, 0.2) is 0 Å². The van der Waals surface area contributed by atoms with E-state index in [1.807, 2.05) is 13.1 Å². The molecule has 0 saturated carbocycles. The van der Waals surface area contributed by atoms with E-state index >= 15 is 0 Å². The summed E-state index contributed by atoms with van der Waals surface area (Å²) in [6, 6.07) is 0.579. The van der Waals surface area contributed by atoms with Crippen LogP contribution in [0.2, 0.25) is 0 Å². The van der Waals surface area contributed by atoms with Gasteiger partial charge in [-0.25, -0.2) is 0 Å². The highest BCUT2D eigenvalue weighted by molar-refractivity contribution is 4.72. The van der Waals surface area contributed by atoms with E-state index in [1.165, 1.54) is 0 Å². The van der Waals surface area contributed by atoms with Gasteiger partial charge in [0.1, 0.15) is 0 Å². The number of hydrogen-bond donors (Lipinski definition) is 1. The maximum atomic E-state index is 5.43. The molecule has 0 fully saturated rings. The molecule has 1 N–H and O–H groups in total. The van der Waals surface area contributed by atoms with Gasteiger partial charge in [-0.3, -0.25) is 0 Å². The summed E-state index contributed by atoms with van der Waals surface area (Å²) in [7, 11) is 2.01. The molecule has 0 heterocycles. The zero-order valence-electron chi connectivity index (χ0n) is 9.01. The van der Waals surface area contributed by atoms with Crippen LogP contribution in [0.15, 0.2) is 12.7 Å². The maximum absolute atomic E-state index is 5.43. The van der Waals surface area contributed by atoms with Crippen molar-refractivity contribution in [1.29, 1.82) is 0 Å². The molecule has 2 heteroatoms. The summed E-state index contributed by atoms with van der Waals surface area (Å²) in [5, 5.41) is 3.29. The summed E-state index contributed by atoms with van der Waals surface area (Å²) in [6.45, 7) is 7.61. The lowest BCUT2D eigenvalue weighted by Crippen LogP contribution is -2.26. The van der Waals surface area contributed by atoms with E-state index in [1.54, 1.807) is 0 Å². The topological polar surface area (TPSA) is 21.3 Å². The summed E-state index contributed by atoms with van der Waals surface area (Å²) < 4.78 is 5.43. The van der Waals surface area contributed by atoms with Crippen LogP contribution in [0.4, 0.5) is 0 Å². The van der Waals surface area contributed by atoms with Gasteiger partial charge in [0.2, 0.25) is 0 Å². The van der Waals surface area contributed by atoms with Crippen molar-refractivity contribution < 1.29 is 4.74 Å². The molecule has 0 bridgehead atoms. The van der Waals surface area contributed by atoms with Crippen molar-refractivity contribution in [3.05, 3.63) is 12.7 Å². The molecule has 13 heavy (non-hydrogen) atoms. The van der Waals surface area contributed by atoms with Crippen molar-refractivity contribution in [1.82, 2.24) is 5.32 Å². The Kier molecular flexibility index (Phi) is 9.49. The summed E-state index contributed by atoms with van der Waals surface area (Å²) in [6.07, 6.45) is 6.42. The Hall–Kier alpha value is -0.340. The zero-order chi connectivity index (χ0) is 9.94. The Morgan fingerprint density at radius 1 is 1.38 bits per heavy atom. The van der Waals surface area contributed by atoms with E-state index in [9.17, 15) is 0 Å². The third-order valence-corrected chi connectivity index (χ3v) is 2.09. The van der Waals surface area contributed by atoms with Crippen LogP contribution in [-0.4, -0.2) is 26.3 Å². The van der Waals surface area contributed by atoms with Crippen molar-refractivity contribution in [3.63, 3.8) is 0 Å². The normalized spacial score (nSPS) is 12.8. The van der Waals surface area contributed by atoms with E-state index < -0.39 is 0 Å². The Morgan fingerprint density at radius 3 is 2.69 bits per heavy atom. The molecule has 0 aromatic carbocycles. The molecule has 78 valence electrons. The molecule has 0 saturated heterocycles. The molecule has 0 aliphatic heterocycles. The van der Waals surface area contributed by atoms with Gasteiger partial charge in [-0.15, -0.1) is 6.58 Å². The van der Waals surface area contributed by atoms with Crippen LogP contribution in [0.3, 0.4) is 0 Å². The molecule has 0 amide bonds. The highest BCUT2D eigenvalue weighted by Crippen LogP contribution is 2.02. The smallest absolute Gasteiger partial charge is 0.0480 e. The van der Waals surface area contributed by atoms with Crippen LogP contribution in [0.1, 0.15) is 32.6 Å². The average Bonchev–Trinajstić information content (AvgIpc) is 2.17. The van der Waals surface area contributed by atoms with Gasteiger partial charge in [0.05, 0.1) is 0 Å². The van der Waals surface area contributed by atoms with Crippen molar-refractivity contribution in [3.8, 4) is 0 Å². The lowest BCUT2D eigenvalue weighted by Gasteiger charge is -2.14. The zero-order valence-corrected chi connectivity index (χ0v) is 9.01. The predicted molar refractivity (Wildman–Crippen MR) is 58.0 cm³/mol. The maximum Gasteiger partial charge on any atom is 0.0480 e. The highest BCUT2D eigenvalue weighted by atomic mass is 16.5. The highest BCUT2D eigenvalue weighted by Gasteiger charge is 2.03. The van der Waals surface area contributed by atoms with E-state index in [4.69, 9.17) is 4.74 Å². The van der Waals surface area contributed by atoms with Crippen LogP contribution < -0.4 is 5.32 Å². The van der Waals surface area contributed by atoms with Crippen LogP contribution in [0, 0.1) is 0 Å². The summed E-state index contributed by atoms with van der Waals surface area (Å²) in [5.41, 5.74) is 0. The molecular weight excluding hydrogens is 162 g/mol. The molecule has 2 nitrogen and oxygen atoms in total. The molecule has 1 unspecified atom stereocenters. The van der Waals surface area contributed by atoms with Crippen molar-refractivity contribution in [2.45, 2.75) is 38.6 Å². The van der Waals surface area contributed by atoms with E-state index in [0.29, 0.717) is 6.04 Å². The number of nitrogens with one attached hydrogen (secondary N) is 1. The van der Waals surface area contributed by atoms with Gasteiger partial charge in [-0.2, -0.15) is 0 Å². The number of allylic oxidation sites excluding steroid dienone is 1. The summed E-state index contributed by atoms with van der Waals surface area (Å²) in [4.78, 5) is 0. The van der Waals surface area contributed by atoms with Crippen LogP contribution in [-0.2, 0) is 4.74 Å². The van der Waals surface area contributed by atoms with Crippen LogP contribution in [0.25, 0.3) is 0 Å². The molecule has 0 radical (unpaired) electrons. The second kappa shape index (κ2) is 9.75. The van der Waals surface area contributed by atoms with E-state index in [0.717, 1.165) is 38.9 Å². The summed E-state index contributed by atoms with van der Waals surface area (Å²) >= 11 is 0. The lowest BCUT2D eigenvalue weighted by atomic mass is 10.1. The SMILES string of the molecule is C=CCCC(CCOCCC)NC.